The average Bonchev–Trinajstić information content (AvgIpc) is 2.67. The van der Waals surface area contributed by atoms with Crippen LogP contribution in [-0.2, 0) is 12.0 Å². The molecule has 2 N–H and O–H groups in total. The van der Waals surface area contributed by atoms with E-state index in [0.717, 1.165) is 17.1 Å². The van der Waals surface area contributed by atoms with Crippen LogP contribution < -0.4 is 10.6 Å². The lowest BCUT2D eigenvalue weighted by atomic mass is 9.86. The molecule has 1 aromatic heterocycles. The monoisotopic (exact) mass is 359 g/mol. The van der Waals surface area contributed by atoms with Gasteiger partial charge in [-0.15, -0.1) is 0 Å². The van der Waals surface area contributed by atoms with Crippen LogP contribution in [-0.4, -0.2) is 10.9 Å². The molecule has 0 spiro atoms. The lowest BCUT2D eigenvalue weighted by Gasteiger charge is -2.23. The Kier molecular flexibility index (Phi) is 5.55. The number of anilines is 2. The Balaban J connectivity index is 1.66. The van der Waals surface area contributed by atoms with E-state index in [9.17, 15) is 4.79 Å². The highest BCUT2D eigenvalue weighted by Gasteiger charge is 2.19. The normalized spacial score (nSPS) is 11.1. The second-order valence-corrected chi connectivity index (χ2v) is 7.52. The first-order valence-electron chi connectivity index (χ1n) is 9.08. The smallest absolute Gasteiger partial charge is 0.257 e. The molecule has 0 aliphatic heterocycles. The van der Waals surface area contributed by atoms with Gasteiger partial charge in [0, 0.05) is 18.4 Å². The number of nitrogens with one attached hydrogen (secondary N) is 2. The Morgan fingerprint density at radius 1 is 0.926 bits per heavy atom. The Bertz CT molecular complexity index is 897. The van der Waals surface area contributed by atoms with E-state index in [0.29, 0.717) is 12.1 Å². The maximum absolute atomic E-state index is 12.6. The maximum atomic E-state index is 12.6. The van der Waals surface area contributed by atoms with Gasteiger partial charge in [0.15, 0.2) is 0 Å². The van der Waals surface area contributed by atoms with E-state index in [2.05, 4.69) is 48.5 Å². The maximum Gasteiger partial charge on any atom is 0.257 e. The molecule has 0 saturated carbocycles. The zero-order valence-corrected chi connectivity index (χ0v) is 16.0. The number of pyridine rings is 1. The summed E-state index contributed by atoms with van der Waals surface area (Å²) in [6.07, 6.45) is 1.60. The van der Waals surface area contributed by atoms with Gasteiger partial charge < -0.3 is 10.6 Å². The van der Waals surface area contributed by atoms with Crippen molar-refractivity contribution in [3.63, 3.8) is 0 Å². The fourth-order valence-electron chi connectivity index (χ4n) is 2.86. The van der Waals surface area contributed by atoms with Crippen LogP contribution in [0.1, 0.15) is 42.3 Å². The van der Waals surface area contributed by atoms with Gasteiger partial charge in [0.1, 0.15) is 5.82 Å². The molecule has 0 radical (unpaired) electrons. The van der Waals surface area contributed by atoms with Crippen molar-refractivity contribution in [3.8, 4) is 0 Å². The number of aromatic nitrogens is 1. The number of hydrogen-bond acceptors (Lipinski definition) is 3. The van der Waals surface area contributed by atoms with E-state index >= 15 is 0 Å². The van der Waals surface area contributed by atoms with Gasteiger partial charge in [-0.1, -0.05) is 69.3 Å². The Labute approximate surface area is 160 Å². The first kappa shape index (κ1) is 18.6. The molecular formula is C23H25N3O. The Morgan fingerprint density at radius 3 is 2.30 bits per heavy atom. The predicted molar refractivity (Wildman–Crippen MR) is 111 cm³/mol. The molecule has 4 nitrogen and oxygen atoms in total. The molecule has 1 heterocycles. The van der Waals surface area contributed by atoms with E-state index in [1.807, 2.05) is 48.5 Å². The second kappa shape index (κ2) is 8.04. The average molecular weight is 359 g/mol. The largest absolute Gasteiger partial charge is 0.366 e. The molecule has 4 heteroatoms. The van der Waals surface area contributed by atoms with Gasteiger partial charge >= 0.3 is 0 Å². The third kappa shape index (κ3) is 4.94. The fraction of sp³-hybridized carbons (Fsp3) is 0.217. The highest BCUT2D eigenvalue weighted by Crippen LogP contribution is 2.29. The molecule has 1 amide bonds. The quantitative estimate of drug-likeness (QED) is 0.655. The Morgan fingerprint density at radius 2 is 1.63 bits per heavy atom. The molecule has 3 rings (SSSR count). The lowest BCUT2D eigenvalue weighted by Crippen LogP contribution is -2.18. The zero-order valence-electron chi connectivity index (χ0n) is 16.0. The topological polar surface area (TPSA) is 54.0 Å². The van der Waals surface area contributed by atoms with Crippen LogP contribution >= 0.6 is 0 Å². The van der Waals surface area contributed by atoms with Crippen LogP contribution in [0.3, 0.4) is 0 Å². The van der Waals surface area contributed by atoms with Crippen molar-refractivity contribution in [2.24, 2.45) is 0 Å². The van der Waals surface area contributed by atoms with Crippen LogP contribution in [0.4, 0.5) is 11.5 Å². The first-order chi connectivity index (χ1) is 12.9. The second-order valence-electron chi connectivity index (χ2n) is 7.52. The minimum atomic E-state index is -0.159. The van der Waals surface area contributed by atoms with Gasteiger partial charge in [-0.25, -0.2) is 4.98 Å². The molecular weight excluding hydrogens is 334 g/mol. The number of rotatable bonds is 5. The third-order valence-electron chi connectivity index (χ3n) is 4.33. The zero-order chi connectivity index (χ0) is 19.3. The molecule has 27 heavy (non-hydrogen) atoms. The van der Waals surface area contributed by atoms with Crippen molar-refractivity contribution in [1.29, 1.82) is 0 Å². The van der Waals surface area contributed by atoms with Gasteiger partial charge in [0.2, 0.25) is 0 Å². The van der Waals surface area contributed by atoms with Gasteiger partial charge in [-0.3, -0.25) is 4.79 Å². The van der Waals surface area contributed by atoms with E-state index in [4.69, 9.17) is 0 Å². The molecule has 0 atom stereocenters. The summed E-state index contributed by atoms with van der Waals surface area (Å²) in [6, 6.07) is 21.6. The van der Waals surface area contributed by atoms with Crippen LogP contribution in [0.5, 0.6) is 0 Å². The minimum Gasteiger partial charge on any atom is -0.366 e. The predicted octanol–water partition coefficient (Wildman–Crippen LogP) is 5.24. The number of amides is 1. The van der Waals surface area contributed by atoms with E-state index in [1.165, 1.54) is 5.56 Å². The van der Waals surface area contributed by atoms with Crippen molar-refractivity contribution in [3.05, 3.63) is 89.6 Å². The number of carbonyl (C=O) groups excluding carboxylic acids is 1. The summed E-state index contributed by atoms with van der Waals surface area (Å²) in [7, 11) is 0. The van der Waals surface area contributed by atoms with Crippen molar-refractivity contribution in [2.75, 3.05) is 10.6 Å². The first-order valence-corrected chi connectivity index (χ1v) is 9.08. The SMILES string of the molecule is CC(C)(C)c1ccccc1NC(=O)c1ccc(NCc2ccccc2)nc1. The summed E-state index contributed by atoms with van der Waals surface area (Å²) < 4.78 is 0. The summed E-state index contributed by atoms with van der Waals surface area (Å²) in [4.78, 5) is 17.0. The van der Waals surface area contributed by atoms with Crippen LogP contribution in [0.25, 0.3) is 0 Å². The summed E-state index contributed by atoms with van der Waals surface area (Å²) in [6.45, 7) is 7.09. The molecule has 0 unspecified atom stereocenters. The van der Waals surface area contributed by atoms with Crippen molar-refractivity contribution < 1.29 is 4.79 Å². The highest BCUT2D eigenvalue weighted by molar-refractivity contribution is 6.04. The standard InChI is InChI=1S/C23H25N3O/c1-23(2,3)19-11-7-8-12-20(19)26-22(27)18-13-14-21(25-16-18)24-15-17-9-5-4-6-10-17/h4-14,16H,15H2,1-3H3,(H,24,25)(H,26,27). The van der Waals surface area contributed by atoms with Gasteiger partial charge in [-0.05, 0) is 34.7 Å². The third-order valence-corrected chi connectivity index (χ3v) is 4.33. The summed E-state index contributed by atoms with van der Waals surface area (Å²) in [5.41, 5.74) is 3.60. The van der Waals surface area contributed by atoms with Gasteiger partial charge in [-0.2, -0.15) is 0 Å². The van der Waals surface area contributed by atoms with E-state index < -0.39 is 0 Å². The number of para-hydroxylation sites is 1. The number of nitrogens with zero attached hydrogens (tertiary/aromatic N) is 1. The van der Waals surface area contributed by atoms with Crippen LogP contribution in [0.15, 0.2) is 72.9 Å². The molecule has 3 aromatic rings. The Hall–Kier alpha value is -3.14. The number of benzene rings is 2. The number of carbonyl (C=O) groups is 1. The van der Waals surface area contributed by atoms with Crippen molar-refractivity contribution in [2.45, 2.75) is 32.7 Å². The fourth-order valence-corrected chi connectivity index (χ4v) is 2.86. The van der Waals surface area contributed by atoms with E-state index in [-0.39, 0.29) is 11.3 Å². The summed E-state index contributed by atoms with van der Waals surface area (Å²) in [5, 5.41) is 6.27. The highest BCUT2D eigenvalue weighted by atomic mass is 16.1. The van der Waals surface area contributed by atoms with Gasteiger partial charge in [0.05, 0.1) is 5.56 Å². The van der Waals surface area contributed by atoms with Crippen molar-refractivity contribution in [1.82, 2.24) is 4.98 Å². The van der Waals surface area contributed by atoms with Gasteiger partial charge in [0.25, 0.3) is 5.91 Å². The lowest BCUT2D eigenvalue weighted by molar-refractivity contribution is 0.102. The molecule has 0 fully saturated rings. The molecule has 138 valence electrons. The molecule has 0 aliphatic carbocycles. The van der Waals surface area contributed by atoms with Crippen LogP contribution in [0, 0.1) is 0 Å². The number of hydrogen-bond donors (Lipinski definition) is 2. The molecule has 2 aromatic carbocycles. The summed E-state index contributed by atoms with van der Waals surface area (Å²) in [5.74, 6) is 0.583. The minimum absolute atomic E-state index is 0.0483. The van der Waals surface area contributed by atoms with Crippen LogP contribution in [0.2, 0.25) is 0 Å². The molecule has 0 aliphatic rings. The van der Waals surface area contributed by atoms with Crippen molar-refractivity contribution >= 4 is 17.4 Å². The molecule has 0 saturated heterocycles. The molecule has 0 bridgehead atoms. The van der Waals surface area contributed by atoms with E-state index in [1.54, 1.807) is 12.3 Å². The summed E-state index contributed by atoms with van der Waals surface area (Å²) >= 11 is 0.